The number of anilines is 1. The number of aromatic nitrogens is 1. The molecule has 4 rings (SSSR count). The van der Waals surface area contributed by atoms with Crippen molar-refractivity contribution < 1.29 is 19.1 Å². The fourth-order valence-electron chi connectivity index (χ4n) is 3.79. The number of amides is 2. The van der Waals surface area contributed by atoms with Crippen molar-refractivity contribution in [3.63, 3.8) is 0 Å². The normalized spacial score (nSPS) is 16.3. The minimum absolute atomic E-state index is 0.0635. The topological polar surface area (TPSA) is 91.5 Å². The molecule has 1 aliphatic rings. The first-order valence-electron chi connectivity index (χ1n) is 9.91. The third kappa shape index (κ3) is 4.05. The summed E-state index contributed by atoms with van der Waals surface area (Å²) in [5, 5.41) is 3.94. The summed E-state index contributed by atoms with van der Waals surface area (Å²) in [5.74, 6) is -0.895. The first-order chi connectivity index (χ1) is 14.5. The smallest absolute Gasteiger partial charge is 0.337 e. The largest absolute Gasteiger partial charge is 0.465 e. The number of rotatable bonds is 4. The lowest BCUT2D eigenvalue weighted by Crippen LogP contribution is -2.43. The molecule has 30 heavy (non-hydrogen) atoms. The number of aromatic amines is 1. The predicted octanol–water partition coefficient (Wildman–Crippen LogP) is 3.45. The highest BCUT2D eigenvalue weighted by Crippen LogP contribution is 2.22. The Morgan fingerprint density at radius 1 is 1.07 bits per heavy atom. The van der Waals surface area contributed by atoms with Gasteiger partial charge in [-0.15, -0.1) is 0 Å². The summed E-state index contributed by atoms with van der Waals surface area (Å²) in [6.45, 7) is 1.02. The van der Waals surface area contributed by atoms with Crippen LogP contribution >= 0.6 is 0 Å². The first kappa shape index (κ1) is 19.7. The molecule has 0 aliphatic carbocycles. The minimum atomic E-state index is -0.424. The van der Waals surface area contributed by atoms with Gasteiger partial charge in [-0.25, -0.2) is 4.79 Å². The Labute approximate surface area is 174 Å². The molecule has 1 saturated heterocycles. The van der Waals surface area contributed by atoms with Crippen LogP contribution in [0.25, 0.3) is 10.9 Å². The highest BCUT2D eigenvalue weighted by molar-refractivity contribution is 5.99. The van der Waals surface area contributed by atoms with Gasteiger partial charge in [0.25, 0.3) is 5.91 Å². The van der Waals surface area contributed by atoms with Crippen LogP contribution in [0.4, 0.5) is 5.69 Å². The Hall–Kier alpha value is -3.61. The summed E-state index contributed by atoms with van der Waals surface area (Å²) in [6.07, 6.45) is 3.35. The molecular formula is C23H23N3O4. The summed E-state index contributed by atoms with van der Waals surface area (Å²) in [6, 6.07) is 14.1. The van der Waals surface area contributed by atoms with E-state index in [1.54, 1.807) is 29.2 Å². The maximum absolute atomic E-state index is 13.0. The average molecular weight is 405 g/mol. The Bertz CT molecular complexity index is 1090. The summed E-state index contributed by atoms with van der Waals surface area (Å²) in [4.78, 5) is 42.1. The quantitative estimate of drug-likeness (QED) is 0.651. The fourth-order valence-corrected chi connectivity index (χ4v) is 3.79. The van der Waals surface area contributed by atoms with Crippen molar-refractivity contribution in [3.05, 3.63) is 65.9 Å². The fraction of sp³-hybridized carbons (Fsp3) is 0.261. The molecule has 0 unspecified atom stereocenters. The van der Waals surface area contributed by atoms with Gasteiger partial charge in [0.2, 0.25) is 5.91 Å². The van der Waals surface area contributed by atoms with Crippen LogP contribution in [0.3, 0.4) is 0 Å². The van der Waals surface area contributed by atoms with Crippen molar-refractivity contribution in [2.45, 2.75) is 12.8 Å². The SMILES string of the molecule is COC(=O)c1ccc(NC(=O)[C@H]2CCCN(C(=O)c3ccc4cc[nH]c4c3)C2)cc1. The van der Waals surface area contributed by atoms with E-state index < -0.39 is 5.97 Å². The molecule has 1 aromatic heterocycles. The maximum atomic E-state index is 13.0. The molecule has 3 aromatic rings. The number of methoxy groups -OCH3 is 1. The number of nitrogens with zero attached hydrogens (tertiary/aromatic N) is 1. The monoisotopic (exact) mass is 405 g/mol. The zero-order chi connectivity index (χ0) is 21.1. The third-order valence-electron chi connectivity index (χ3n) is 5.45. The van der Waals surface area contributed by atoms with Crippen molar-refractivity contribution in [2.24, 2.45) is 5.92 Å². The average Bonchev–Trinajstić information content (AvgIpc) is 3.26. The van der Waals surface area contributed by atoms with Crippen molar-refractivity contribution in [3.8, 4) is 0 Å². The van der Waals surface area contributed by atoms with Crippen molar-refractivity contribution >= 4 is 34.4 Å². The Kier molecular flexibility index (Phi) is 5.52. The number of nitrogens with one attached hydrogen (secondary N) is 2. The minimum Gasteiger partial charge on any atom is -0.465 e. The lowest BCUT2D eigenvalue weighted by molar-refractivity contribution is -0.121. The molecule has 2 aromatic carbocycles. The van der Waals surface area contributed by atoms with Crippen LogP contribution < -0.4 is 5.32 Å². The van der Waals surface area contributed by atoms with E-state index in [0.29, 0.717) is 29.9 Å². The predicted molar refractivity (Wildman–Crippen MR) is 113 cm³/mol. The van der Waals surface area contributed by atoms with E-state index in [1.165, 1.54) is 7.11 Å². The van der Waals surface area contributed by atoms with Crippen molar-refractivity contribution in [2.75, 3.05) is 25.5 Å². The number of ether oxygens (including phenoxy) is 1. The van der Waals surface area contributed by atoms with Gasteiger partial charge in [-0.05, 0) is 60.7 Å². The number of hydrogen-bond acceptors (Lipinski definition) is 4. The van der Waals surface area contributed by atoms with Gasteiger partial charge < -0.3 is 19.9 Å². The lowest BCUT2D eigenvalue weighted by Gasteiger charge is -2.32. The molecule has 154 valence electrons. The number of likely N-dealkylation sites (tertiary alicyclic amines) is 1. The molecule has 2 amide bonds. The number of benzene rings is 2. The zero-order valence-electron chi connectivity index (χ0n) is 16.7. The van der Waals surface area contributed by atoms with Crippen LogP contribution in [0.15, 0.2) is 54.7 Å². The van der Waals surface area contributed by atoms with Gasteiger partial charge in [-0.3, -0.25) is 9.59 Å². The van der Waals surface area contributed by atoms with E-state index in [9.17, 15) is 14.4 Å². The van der Waals surface area contributed by atoms with Crippen LogP contribution in [-0.2, 0) is 9.53 Å². The van der Waals surface area contributed by atoms with Crippen LogP contribution in [0.1, 0.15) is 33.6 Å². The molecule has 0 radical (unpaired) electrons. The number of fused-ring (bicyclic) bond motifs is 1. The molecule has 7 nitrogen and oxygen atoms in total. The Morgan fingerprint density at radius 2 is 1.83 bits per heavy atom. The van der Waals surface area contributed by atoms with Gasteiger partial charge in [0.15, 0.2) is 0 Å². The molecular weight excluding hydrogens is 382 g/mol. The van der Waals surface area contributed by atoms with Gasteiger partial charge in [0.05, 0.1) is 18.6 Å². The van der Waals surface area contributed by atoms with Crippen LogP contribution in [0.5, 0.6) is 0 Å². The summed E-state index contributed by atoms with van der Waals surface area (Å²) in [7, 11) is 1.32. The van der Waals surface area contributed by atoms with Gasteiger partial charge >= 0.3 is 5.97 Å². The van der Waals surface area contributed by atoms with Crippen molar-refractivity contribution in [1.29, 1.82) is 0 Å². The number of H-pyrrole nitrogens is 1. The number of hydrogen-bond donors (Lipinski definition) is 2. The summed E-state index contributed by atoms with van der Waals surface area (Å²) < 4.78 is 4.68. The molecule has 0 spiro atoms. The number of piperidine rings is 1. The van der Waals surface area contributed by atoms with E-state index in [2.05, 4.69) is 15.0 Å². The highest BCUT2D eigenvalue weighted by Gasteiger charge is 2.29. The standard InChI is InChI=1S/C23H23N3O4/c1-30-23(29)16-6-8-19(9-7-16)25-21(27)18-3-2-12-26(14-18)22(28)17-5-4-15-10-11-24-20(15)13-17/h4-11,13,18,24H,2-3,12,14H2,1H3,(H,25,27)/t18-/m0/s1. The maximum Gasteiger partial charge on any atom is 0.337 e. The van der Waals surface area contributed by atoms with Gasteiger partial charge in [-0.1, -0.05) is 6.07 Å². The summed E-state index contributed by atoms with van der Waals surface area (Å²) in [5.41, 5.74) is 2.56. The molecule has 0 saturated carbocycles. The number of carbonyl (C=O) groups is 3. The molecule has 1 atom stereocenters. The Balaban J connectivity index is 1.40. The van der Waals surface area contributed by atoms with Crippen LogP contribution in [-0.4, -0.2) is 47.9 Å². The van der Waals surface area contributed by atoms with Crippen molar-refractivity contribution in [1.82, 2.24) is 9.88 Å². The number of esters is 1. The van der Waals surface area contributed by atoms with E-state index in [-0.39, 0.29) is 17.7 Å². The molecule has 2 heterocycles. The Morgan fingerprint density at radius 3 is 2.60 bits per heavy atom. The van der Waals surface area contributed by atoms with E-state index in [0.717, 1.165) is 23.7 Å². The zero-order valence-corrected chi connectivity index (χ0v) is 16.7. The van der Waals surface area contributed by atoms with E-state index in [1.807, 2.05) is 30.5 Å². The second kappa shape index (κ2) is 8.41. The molecule has 1 fully saturated rings. The molecule has 7 heteroatoms. The molecule has 2 N–H and O–H groups in total. The highest BCUT2D eigenvalue weighted by atomic mass is 16.5. The number of carbonyl (C=O) groups excluding carboxylic acids is 3. The van der Waals surface area contributed by atoms with E-state index >= 15 is 0 Å². The van der Waals surface area contributed by atoms with Crippen LogP contribution in [0.2, 0.25) is 0 Å². The molecule has 1 aliphatic heterocycles. The third-order valence-corrected chi connectivity index (χ3v) is 5.45. The lowest BCUT2D eigenvalue weighted by atomic mass is 9.96. The van der Waals surface area contributed by atoms with Crippen LogP contribution in [0, 0.1) is 5.92 Å². The second-order valence-corrected chi connectivity index (χ2v) is 7.43. The van der Waals surface area contributed by atoms with Gasteiger partial charge in [0, 0.05) is 36.1 Å². The first-order valence-corrected chi connectivity index (χ1v) is 9.91. The molecule has 0 bridgehead atoms. The van der Waals surface area contributed by atoms with Gasteiger partial charge in [0.1, 0.15) is 0 Å². The second-order valence-electron chi connectivity index (χ2n) is 7.43. The summed E-state index contributed by atoms with van der Waals surface area (Å²) >= 11 is 0. The van der Waals surface area contributed by atoms with Gasteiger partial charge in [-0.2, -0.15) is 0 Å². The van der Waals surface area contributed by atoms with E-state index in [4.69, 9.17) is 0 Å².